The van der Waals surface area contributed by atoms with Crippen LogP contribution in [0.4, 0.5) is 0 Å². The normalized spacial score (nSPS) is 30.4. The van der Waals surface area contributed by atoms with Crippen LogP contribution in [0.25, 0.3) is 10.9 Å². The lowest BCUT2D eigenvalue weighted by Gasteiger charge is -2.41. The molecule has 1 fully saturated rings. The third-order valence-electron chi connectivity index (χ3n) is 4.65. The van der Waals surface area contributed by atoms with E-state index in [2.05, 4.69) is 10.3 Å². The third-order valence-corrected chi connectivity index (χ3v) is 4.65. The van der Waals surface area contributed by atoms with E-state index in [1.54, 1.807) is 6.20 Å². The number of carboxylic acids is 1. The molecule has 7 N–H and O–H groups in total. The number of aliphatic hydroxyl groups is 4. The Kier molecular flexibility index (Phi) is 5.56. The van der Waals surface area contributed by atoms with Crippen LogP contribution in [0.2, 0.25) is 0 Å². The van der Waals surface area contributed by atoms with Gasteiger partial charge in [0.05, 0.1) is 6.61 Å². The largest absolute Gasteiger partial charge is 0.480 e. The number of para-hydroxylation sites is 1. The third kappa shape index (κ3) is 3.58. The Morgan fingerprint density at radius 2 is 1.92 bits per heavy atom. The summed E-state index contributed by atoms with van der Waals surface area (Å²) >= 11 is 0. The van der Waals surface area contributed by atoms with Gasteiger partial charge in [-0.15, -0.1) is 0 Å². The van der Waals surface area contributed by atoms with Crippen LogP contribution in [0.5, 0.6) is 0 Å². The quantitative estimate of drug-likeness (QED) is 0.328. The molecule has 0 radical (unpaired) electrons. The minimum atomic E-state index is -1.57. The van der Waals surface area contributed by atoms with Gasteiger partial charge in [-0.05, 0) is 11.6 Å². The predicted octanol–water partition coefficient (Wildman–Crippen LogP) is -1.45. The summed E-state index contributed by atoms with van der Waals surface area (Å²) < 4.78 is 5.33. The van der Waals surface area contributed by atoms with E-state index < -0.39 is 49.3 Å². The number of aromatic nitrogens is 1. The predicted molar refractivity (Wildman–Crippen MR) is 90.3 cm³/mol. The van der Waals surface area contributed by atoms with Crippen LogP contribution >= 0.6 is 0 Å². The molecule has 0 bridgehead atoms. The number of ether oxygens (including phenoxy) is 1. The standard InChI is InChI=1S/C17H22N2O7/c20-7-12-13(21)14(22)15(23)16(26-12)19-11(17(24)25)5-8-6-18-10-4-2-1-3-9(8)10/h1-4,6,11-16,18-23H,5,7H2,(H,24,25)/t11-,12+,13+,14-,15-,16-/m0/s1. The number of hydrogen-bond donors (Lipinski definition) is 7. The minimum Gasteiger partial charge on any atom is -0.480 e. The second-order valence-corrected chi connectivity index (χ2v) is 6.37. The molecule has 3 rings (SSSR count). The van der Waals surface area contributed by atoms with Crippen LogP contribution in [-0.2, 0) is 16.0 Å². The number of aliphatic carboxylic acids is 1. The Hall–Kier alpha value is -2.01. The zero-order valence-electron chi connectivity index (χ0n) is 13.8. The first-order valence-electron chi connectivity index (χ1n) is 8.26. The Balaban J connectivity index is 1.77. The zero-order chi connectivity index (χ0) is 18.8. The van der Waals surface area contributed by atoms with Crippen LogP contribution in [0, 0.1) is 0 Å². The van der Waals surface area contributed by atoms with Crippen molar-refractivity contribution < 1.29 is 35.1 Å². The first-order chi connectivity index (χ1) is 12.4. The van der Waals surface area contributed by atoms with Gasteiger partial charge in [-0.1, -0.05) is 18.2 Å². The number of carbonyl (C=O) groups is 1. The average molecular weight is 366 g/mol. The first kappa shape index (κ1) is 18.8. The number of benzene rings is 1. The second-order valence-electron chi connectivity index (χ2n) is 6.37. The van der Waals surface area contributed by atoms with Crippen molar-refractivity contribution in [2.24, 2.45) is 0 Å². The Labute approximate surface area is 148 Å². The maximum Gasteiger partial charge on any atom is 0.321 e. The number of aromatic amines is 1. The van der Waals surface area contributed by atoms with Crippen molar-refractivity contribution in [2.45, 2.75) is 43.1 Å². The van der Waals surface area contributed by atoms with Gasteiger partial charge < -0.3 is 35.3 Å². The zero-order valence-corrected chi connectivity index (χ0v) is 13.8. The monoisotopic (exact) mass is 366 g/mol. The smallest absolute Gasteiger partial charge is 0.321 e. The van der Waals surface area contributed by atoms with E-state index in [9.17, 15) is 30.3 Å². The minimum absolute atomic E-state index is 0.106. The van der Waals surface area contributed by atoms with E-state index in [1.165, 1.54) is 0 Å². The van der Waals surface area contributed by atoms with Crippen LogP contribution in [0.1, 0.15) is 5.56 Å². The summed E-state index contributed by atoms with van der Waals surface area (Å²) in [7, 11) is 0. The molecule has 0 unspecified atom stereocenters. The Morgan fingerprint density at radius 3 is 2.62 bits per heavy atom. The van der Waals surface area contributed by atoms with Gasteiger partial charge in [0.15, 0.2) is 0 Å². The van der Waals surface area contributed by atoms with Crippen LogP contribution in [0.3, 0.4) is 0 Å². The molecular weight excluding hydrogens is 344 g/mol. The molecule has 6 atom stereocenters. The van der Waals surface area contributed by atoms with Gasteiger partial charge in [0, 0.05) is 23.5 Å². The summed E-state index contributed by atoms with van der Waals surface area (Å²) in [5.74, 6) is -1.16. The van der Waals surface area contributed by atoms with Crippen molar-refractivity contribution in [1.82, 2.24) is 10.3 Å². The van der Waals surface area contributed by atoms with Crippen LogP contribution in [0.15, 0.2) is 30.5 Å². The summed E-state index contributed by atoms with van der Waals surface area (Å²) in [5.41, 5.74) is 1.64. The molecule has 1 aromatic heterocycles. The van der Waals surface area contributed by atoms with Gasteiger partial charge in [0.25, 0.3) is 0 Å². The van der Waals surface area contributed by atoms with Crippen molar-refractivity contribution >= 4 is 16.9 Å². The van der Waals surface area contributed by atoms with Crippen molar-refractivity contribution in [3.05, 3.63) is 36.0 Å². The van der Waals surface area contributed by atoms with Gasteiger partial charge in [-0.3, -0.25) is 10.1 Å². The summed E-state index contributed by atoms with van der Waals surface area (Å²) in [6.45, 7) is -0.580. The lowest BCUT2D eigenvalue weighted by molar-refractivity contribution is -0.238. The lowest BCUT2D eigenvalue weighted by atomic mass is 9.97. The number of nitrogens with one attached hydrogen (secondary N) is 2. The average Bonchev–Trinajstić information content (AvgIpc) is 3.04. The SMILES string of the molecule is O=C(O)[C@H](Cc1c[nH]c2ccccc12)N[C@H]1O[C@H](CO)[C@@H](O)[C@H](O)[C@@H]1O. The number of hydrogen-bond acceptors (Lipinski definition) is 7. The van der Waals surface area contributed by atoms with Crippen molar-refractivity contribution in [2.75, 3.05) is 6.61 Å². The highest BCUT2D eigenvalue weighted by Crippen LogP contribution is 2.22. The van der Waals surface area contributed by atoms with E-state index in [1.807, 2.05) is 24.3 Å². The highest BCUT2D eigenvalue weighted by molar-refractivity contribution is 5.84. The molecular formula is C17H22N2O7. The van der Waals surface area contributed by atoms with Crippen molar-refractivity contribution in [3.8, 4) is 0 Å². The molecule has 0 aliphatic carbocycles. The van der Waals surface area contributed by atoms with Gasteiger partial charge in [-0.2, -0.15) is 0 Å². The number of carboxylic acid groups (broad SMARTS) is 1. The molecule has 142 valence electrons. The molecule has 9 nitrogen and oxygen atoms in total. The van der Waals surface area contributed by atoms with Gasteiger partial charge in [0.1, 0.15) is 36.7 Å². The van der Waals surface area contributed by atoms with E-state index in [4.69, 9.17) is 4.74 Å². The molecule has 1 saturated heterocycles. The molecule has 0 saturated carbocycles. The number of fused-ring (bicyclic) bond motifs is 1. The van der Waals surface area contributed by atoms with Crippen molar-refractivity contribution in [3.63, 3.8) is 0 Å². The molecule has 2 heterocycles. The van der Waals surface area contributed by atoms with Crippen LogP contribution in [-0.4, -0.2) is 79.8 Å². The first-order valence-corrected chi connectivity index (χ1v) is 8.26. The molecule has 0 spiro atoms. The Bertz CT molecular complexity index is 762. The summed E-state index contributed by atoms with van der Waals surface area (Å²) in [6.07, 6.45) is -5.14. The van der Waals surface area contributed by atoms with Crippen LogP contribution < -0.4 is 5.32 Å². The second kappa shape index (κ2) is 7.70. The molecule has 1 aliphatic rings. The highest BCUT2D eigenvalue weighted by atomic mass is 16.6. The van der Waals surface area contributed by atoms with Crippen molar-refractivity contribution in [1.29, 1.82) is 0 Å². The fourth-order valence-corrected chi connectivity index (χ4v) is 3.18. The number of rotatable bonds is 6. The van der Waals surface area contributed by atoms with E-state index in [0.29, 0.717) is 0 Å². The number of H-pyrrole nitrogens is 1. The fourth-order valence-electron chi connectivity index (χ4n) is 3.18. The Morgan fingerprint density at radius 1 is 1.19 bits per heavy atom. The van der Waals surface area contributed by atoms with E-state index in [-0.39, 0.29) is 6.42 Å². The van der Waals surface area contributed by atoms with Gasteiger partial charge >= 0.3 is 5.97 Å². The highest BCUT2D eigenvalue weighted by Gasteiger charge is 2.44. The maximum atomic E-state index is 11.7. The summed E-state index contributed by atoms with van der Waals surface area (Å²) in [5, 5.41) is 52.0. The van der Waals surface area contributed by atoms with Gasteiger partial charge in [0.2, 0.25) is 0 Å². The van der Waals surface area contributed by atoms with E-state index in [0.717, 1.165) is 16.5 Å². The fraction of sp³-hybridized carbons (Fsp3) is 0.471. The summed E-state index contributed by atoms with van der Waals surface area (Å²) in [4.78, 5) is 14.7. The molecule has 1 aliphatic heterocycles. The molecule has 1 aromatic carbocycles. The topological polar surface area (TPSA) is 155 Å². The lowest BCUT2D eigenvalue weighted by Crippen LogP contribution is -2.64. The maximum absolute atomic E-state index is 11.7. The number of aliphatic hydroxyl groups excluding tert-OH is 4. The molecule has 2 aromatic rings. The molecule has 26 heavy (non-hydrogen) atoms. The molecule has 9 heteroatoms. The molecule has 0 amide bonds. The summed E-state index contributed by atoms with van der Waals surface area (Å²) in [6, 6.07) is 6.34. The van der Waals surface area contributed by atoms with Gasteiger partial charge in [-0.25, -0.2) is 0 Å². The van der Waals surface area contributed by atoms with E-state index >= 15 is 0 Å².